The molecule has 0 spiro atoms. The number of nitrogens with zero attached hydrogens (tertiary/aromatic N) is 3. The molecule has 3 aromatic rings. The fraction of sp³-hybridized carbons (Fsp3) is 0.308. The third-order valence-electron chi connectivity index (χ3n) is 6.20. The lowest BCUT2D eigenvalue weighted by Gasteiger charge is -2.43. The van der Waals surface area contributed by atoms with Crippen LogP contribution in [0.3, 0.4) is 0 Å². The average molecular weight is 445 g/mol. The average Bonchev–Trinajstić information content (AvgIpc) is 2.84. The van der Waals surface area contributed by atoms with Crippen molar-refractivity contribution >= 4 is 11.8 Å². The van der Waals surface area contributed by atoms with Crippen molar-refractivity contribution in [3.63, 3.8) is 0 Å². The van der Waals surface area contributed by atoms with Gasteiger partial charge in [-0.25, -0.2) is 5.10 Å². The molecule has 33 heavy (non-hydrogen) atoms. The van der Waals surface area contributed by atoms with Gasteiger partial charge < -0.3 is 9.80 Å². The molecule has 170 valence electrons. The van der Waals surface area contributed by atoms with Gasteiger partial charge in [0.25, 0.3) is 11.5 Å². The summed E-state index contributed by atoms with van der Waals surface area (Å²) in [6.07, 6.45) is 1.95. The predicted octanol–water partition coefficient (Wildman–Crippen LogP) is 2.99. The fourth-order valence-electron chi connectivity index (χ4n) is 4.68. The van der Waals surface area contributed by atoms with E-state index in [9.17, 15) is 14.4 Å². The van der Waals surface area contributed by atoms with E-state index >= 15 is 0 Å². The van der Waals surface area contributed by atoms with Crippen LogP contribution in [0.15, 0.2) is 71.5 Å². The first-order valence-corrected chi connectivity index (χ1v) is 11.1. The Hall–Kier alpha value is -3.74. The normalized spacial score (nSPS) is 18.1. The summed E-state index contributed by atoms with van der Waals surface area (Å²) in [4.78, 5) is 41.2. The summed E-state index contributed by atoms with van der Waals surface area (Å²) in [5.74, 6) is -0.264. The summed E-state index contributed by atoms with van der Waals surface area (Å²) >= 11 is 0. The van der Waals surface area contributed by atoms with E-state index in [0.29, 0.717) is 32.4 Å². The van der Waals surface area contributed by atoms with Crippen molar-refractivity contribution in [1.29, 1.82) is 0 Å². The number of aromatic amines is 1. The van der Waals surface area contributed by atoms with Crippen molar-refractivity contribution in [3.8, 4) is 11.1 Å². The molecule has 0 radical (unpaired) electrons. The van der Waals surface area contributed by atoms with Crippen molar-refractivity contribution in [1.82, 2.24) is 20.0 Å². The van der Waals surface area contributed by atoms with Crippen LogP contribution in [-0.2, 0) is 11.2 Å². The zero-order valence-corrected chi connectivity index (χ0v) is 19.0. The molecule has 0 unspecified atom stereocenters. The highest BCUT2D eigenvalue weighted by Gasteiger charge is 2.44. The van der Waals surface area contributed by atoms with E-state index < -0.39 is 5.41 Å². The highest BCUT2D eigenvalue weighted by molar-refractivity contribution is 5.93. The summed E-state index contributed by atoms with van der Waals surface area (Å²) < 4.78 is 0. The van der Waals surface area contributed by atoms with Crippen LogP contribution in [-0.4, -0.2) is 59.0 Å². The molecule has 1 atom stereocenters. The Morgan fingerprint density at radius 3 is 2.48 bits per heavy atom. The monoisotopic (exact) mass is 444 g/mol. The molecular formula is C26H28N4O3. The van der Waals surface area contributed by atoms with Gasteiger partial charge in [0.05, 0.1) is 5.41 Å². The molecule has 1 aliphatic heterocycles. The van der Waals surface area contributed by atoms with Crippen LogP contribution >= 0.6 is 0 Å². The number of likely N-dealkylation sites (tertiary alicyclic amines) is 1. The molecule has 1 saturated heterocycles. The maximum atomic E-state index is 13.5. The fourth-order valence-corrected chi connectivity index (χ4v) is 4.68. The Bertz CT molecular complexity index is 1180. The van der Waals surface area contributed by atoms with E-state index in [1.54, 1.807) is 23.9 Å². The summed E-state index contributed by atoms with van der Waals surface area (Å²) in [7, 11) is 3.52. The van der Waals surface area contributed by atoms with Crippen LogP contribution in [0.4, 0.5) is 0 Å². The van der Waals surface area contributed by atoms with Crippen LogP contribution < -0.4 is 5.56 Å². The number of H-pyrrole nitrogens is 1. The highest BCUT2D eigenvalue weighted by atomic mass is 16.2. The first-order chi connectivity index (χ1) is 15.9. The van der Waals surface area contributed by atoms with Crippen LogP contribution in [0, 0.1) is 5.41 Å². The van der Waals surface area contributed by atoms with Gasteiger partial charge in [-0.3, -0.25) is 14.4 Å². The Balaban J connectivity index is 1.64. The molecule has 4 rings (SSSR count). The minimum Gasteiger partial charge on any atom is -0.348 e. The second-order valence-corrected chi connectivity index (χ2v) is 8.86. The van der Waals surface area contributed by atoms with Crippen LogP contribution in [0.25, 0.3) is 11.1 Å². The summed E-state index contributed by atoms with van der Waals surface area (Å²) in [6, 6.07) is 21.1. The topological polar surface area (TPSA) is 86.4 Å². The van der Waals surface area contributed by atoms with Crippen molar-refractivity contribution in [3.05, 3.63) is 88.3 Å². The molecule has 2 heterocycles. The first-order valence-electron chi connectivity index (χ1n) is 11.1. The summed E-state index contributed by atoms with van der Waals surface area (Å²) in [5.41, 5.74) is 2.37. The van der Waals surface area contributed by atoms with Crippen LogP contribution in [0.2, 0.25) is 0 Å². The van der Waals surface area contributed by atoms with Gasteiger partial charge in [-0.15, -0.1) is 0 Å². The minimum absolute atomic E-state index is 0.0135. The summed E-state index contributed by atoms with van der Waals surface area (Å²) in [6.45, 7) is 0.853. The second kappa shape index (κ2) is 9.40. The maximum absolute atomic E-state index is 13.5. The molecule has 1 N–H and O–H groups in total. The molecule has 2 aromatic carbocycles. The van der Waals surface area contributed by atoms with Crippen LogP contribution in [0.5, 0.6) is 0 Å². The zero-order chi connectivity index (χ0) is 23.4. The Kier molecular flexibility index (Phi) is 6.40. The SMILES string of the molecule is CN(C)C(=O)[C@]1(Cc2cccc(-c3ccccc3)c2)CCCN(C(=O)c2ccc(=O)[nH]n2)C1. The number of amides is 2. The molecule has 1 aliphatic rings. The zero-order valence-electron chi connectivity index (χ0n) is 19.0. The Labute approximate surface area is 193 Å². The number of rotatable bonds is 5. The van der Waals surface area contributed by atoms with Gasteiger partial charge >= 0.3 is 0 Å². The molecule has 7 heteroatoms. The van der Waals surface area contributed by atoms with Crippen molar-refractivity contribution in [2.45, 2.75) is 19.3 Å². The smallest absolute Gasteiger partial charge is 0.274 e. The maximum Gasteiger partial charge on any atom is 0.274 e. The lowest BCUT2D eigenvalue weighted by atomic mass is 9.73. The Morgan fingerprint density at radius 1 is 1.03 bits per heavy atom. The van der Waals surface area contributed by atoms with Crippen molar-refractivity contribution in [2.75, 3.05) is 27.2 Å². The highest BCUT2D eigenvalue weighted by Crippen LogP contribution is 2.36. The van der Waals surface area contributed by atoms with E-state index in [-0.39, 0.29) is 23.1 Å². The first kappa shape index (κ1) is 22.5. The number of hydrogen-bond acceptors (Lipinski definition) is 4. The lowest BCUT2D eigenvalue weighted by Crippen LogP contribution is -2.54. The summed E-state index contributed by atoms with van der Waals surface area (Å²) in [5, 5.41) is 6.20. The number of carbonyl (C=O) groups is 2. The third-order valence-corrected chi connectivity index (χ3v) is 6.20. The Morgan fingerprint density at radius 2 is 1.79 bits per heavy atom. The largest absolute Gasteiger partial charge is 0.348 e. The van der Waals surface area contributed by atoms with Gasteiger partial charge in [0.15, 0.2) is 0 Å². The molecule has 1 fully saturated rings. The number of hydrogen-bond donors (Lipinski definition) is 1. The van der Waals surface area contributed by atoms with E-state index in [0.717, 1.165) is 16.7 Å². The number of carbonyl (C=O) groups excluding carboxylic acids is 2. The molecule has 7 nitrogen and oxygen atoms in total. The second-order valence-electron chi connectivity index (χ2n) is 8.86. The molecule has 2 amide bonds. The number of benzene rings is 2. The van der Waals surface area contributed by atoms with Gasteiger partial charge in [0.2, 0.25) is 5.91 Å². The predicted molar refractivity (Wildman–Crippen MR) is 127 cm³/mol. The van der Waals surface area contributed by atoms with Gasteiger partial charge in [0.1, 0.15) is 5.69 Å². The van der Waals surface area contributed by atoms with E-state index in [1.807, 2.05) is 30.3 Å². The molecule has 1 aromatic heterocycles. The van der Waals surface area contributed by atoms with E-state index in [2.05, 4.69) is 34.5 Å². The number of aromatic nitrogens is 2. The minimum atomic E-state index is -0.727. The van der Waals surface area contributed by atoms with Gasteiger partial charge in [-0.2, -0.15) is 5.10 Å². The van der Waals surface area contributed by atoms with Gasteiger partial charge in [-0.05, 0) is 42.0 Å². The quantitative estimate of drug-likeness (QED) is 0.656. The van der Waals surface area contributed by atoms with Crippen LogP contribution in [0.1, 0.15) is 28.9 Å². The van der Waals surface area contributed by atoms with Gasteiger partial charge in [-0.1, -0.05) is 54.6 Å². The third kappa shape index (κ3) is 4.87. The molecule has 0 bridgehead atoms. The van der Waals surface area contributed by atoms with E-state index in [4.69, 9.17) is 0 Å². The molecule has 0 saturated carbocycles. The van der Waals surface area contributed by atoms with Gasteiger partial charge in [0, 0.05) is 33.3 Å². The van der Waals surface area contributed by atoms with Crippen molar-refractivity contribution < 1.29 is 9.59 Å². The number of piperidine rings is 1. The lowest BCUT2D eigenvalue weighted by molar-refractivity contribution is -0.142. The van der Waals surface area contributed by atoms with E-state index in [1.165, 1.54) is 12.1 Å². The standard InChI is InChI=1S/C26H28N4O3/c1-29(2)25(33)26(17-19-8-6-11-21(16-19)20-9-4-3-5-10-20)14-7-15-30(18-26)24(32)22-12-13-23(31)28-27-22/h3-6,8-13,16H,7,14-15,17-18H2,1-2H3,(H,28,31)/t26-/m0/s1. The molecule has 0 aliphatic carbocycles. The molecular weight excluding hydrogens is 416 g/mol. The van der Waals surface area contributed by atoms with Crippen molar-refractivity contribution in [2.24, 2.45) is 5.41 Å². The number of nitrogens with one attached hydrogen (secondary N) is 1.